The Hall–Kier alpha value is -2.82. The summed E-state index contributed by atoms with van der Waals surface area (Å²) in [4.78, 5) is 12.2. The number of halogens is 3. The third-order valence-electron chi connectivity index (χ3n) is 5.04. The highest BCUT2D eigenvalue weighted by molar-refractivity contribution is 5.81. The number of aromatic nitrogens is 3. The normalized spacial score (nSPS) is 18.5. The van der Waals surface area contributed by atoms with Crippen LogP contribution in [0.25, 0.3) is 0 Å². The molecule has 2 aliphatic rings. The summed E-state index contributed by atoms with van der Waals surface area (Å²) in [7, 11) is 0. The molecule has 0 saturated heterocycles. The van der Waals surface area contributed by atoms with Crippen LogP contribution in [0.15, 0.2) is 40.7 Å². The predicted molar refractivity (Wildman–Crippen MR) is 95.7 cm³/mol. The van der Waals surface area contributed by atoms with E-state index in [9.17, 15) is 18.0 Å². The molecule has 4 rings (SSSR count). The lowest BCUT2D eigenvalue weighted by Crippen LogP contribution is -2.43. The minimum atomic E-state index is -4.56. The smallest absolute Gasteiger partial charge is 0.353 e. The molecule has 29 heavy (non-hydrogen) atoms. The van der Waals surface area contributed by atoms with Gasteiger partial charge in [-0.3, -0.25) is 9.48 Å². The molecule has 1 aliphatic carbocycles. The van der Waals surface area contributed by atoms with Crippen molar-refractivity contribution in [2.75, 3.05) is 6.54 Å². The monoisotopic (exact) mass is 407 g/mol. The van der Waals surface area contributed by atoms with Crippen molar-refractivity contribution in [1.29, 1.82) is 0 Å². The number of carbonyl (C=O) groups is 1. The second-order valence-electron chi connectivity index (χ2n) is 7.35. The van der Waals surface area contributed by atoms with Crippen LogP contribution in [-0.4, -0.2) is 39.7 Å². The molecule has 1 aromatic carbocycles. The lowest BCUT2D eigenvalue weighted by Gasteiger charge is -2.16. The summed E-state index contributed by atoms with van der Waals surface area (Å²) in [5, 5.41) is 17.2. The summed E-state index contributed by atoms with van der Waals surface area (Å²) in [6.07, 6.45) is -0.182. The first kappa shape index (κ1) is 19.5. The third-order valence-corrected chi connectivity index (χ3v) is 5.04. The summed E-state index contributed by atoms with van der Waals surface area (Å²) in [6.45, 7) is 0.843. The molecular weight excluding hydrogens is 387 g/mol. The molecule has 1 atom stereocenters. The Morgan fingerprint density at radius 1 is 1.28 bits per heavy atom. The number of carbonyl (C=O) groups excluding carboxylic acids is 1. The van der Waals surface area contributed by atoms with E-state index in [2.05, 4.69) is 25.9 Å². The van der Waals surface area contributed by atoms with Crippen LogP contribution in [0, 0.1) is 0 Å². The zero-order valence-electron chi connectivity index (χ0n) is 15.4. The number of amides is 1. The second kappa shape index (κ2) is 7.21. The van der Waals surface area contributed by atoms with Crippen molar-refractivity contribution in [3.8, 4) is 0 Å². The minimum absolute atomic E-state index is 0.0508. The number of nitrogens with one attached hydrogen (secondary N) is 1. The van der Waals surface area contributed by atoms with Gasteiger partial charge in [-0.05, 0) is 24.8 Å². The molecule has 1 amide bonds. The molecular formula is C18H20F3N7O. The molecule has 0 bridgehead atoms. The van der Waals surface area contributed by atoms with E-state index < -0.39 is 17.9 Å². The van der Waals surface area contributed by atoms with Gasteiger partial charge in [0.1, 0.15) is 0 Å². The molecule has 1 fully saturated rings. The van der Waals surface area contributed by atoms with Crippen LogP contribution in [0.1, 0.15) is 35.6 Å². The number of nitrogens with two attached hydrogens (primary N) is 1. The standard InChI is InChI=1S/C18H20F3N7O/c19-18(20,21)17(25-26-17)13-5-1-11(2-6-13)9-14(22)16(29)23-7-8-28-10-15(24-27-28)12-3-4-12/h1-2,5-6,10,12,14H,3-4,7-9,22H2,(H,23,29). The minimum Gasteiger partial charge on any atom is -0.353 e. The fourth-order valence-electron chi connectivity index (χ4n) is 3.08. The number of hydrogen-bond acceptors (Lipinski definition) is 6. The molecule has 11 heteroatoms. The summed E-state index contributed by atoms with van der Waals surface area (Å²) in [5.41, 5.74) is 5.07. The van der Waals surface area contributed by atoms with Gasteiger partial charge >= 0.3 is 11.8 Å². The van der Waals surface area contributed by atoms with Gasteiger partial charge in [0.2, 0.25) is 5.91 Å². The average Bonchev–Trinajstić information content (AvgIpc) is 3.60. The van der Waals surface area contributed by atoms with Crippen molar-refractivity contribution in [2.45, 2.75) is 49.6 Å². The molecule has 2 aromatic rings. The molecule has 3 N–H and O–H groups in total. The highest BCUT2D eigenvalue weighted by Crippen LogP contribution is 2.52. The Morgan fingerprint density at radius 3 is 2.55 bits per heavy atom. The number of alkyl halides is 3. The Kier molecular flexibility index (Phi) is 4.85. The summed E-state index contributed by atoms with van der Waals surface area (Å²) < 4.78 is 40.7. The predicted octanol–water partition coefficient (Wildman–Crippen LogP) is 2.02. The number of hydrogen-bond donors (Lipinski definition) is 2. The van der Waals surface area contributed by atoms with Gasteiger partial charge in [-0.2, -0.15) is 13.2 Å². The molecule has 1 saturated carbocycles. The average molecular weight is 407 g/mol. The van der Waals surface area contributed by atoms with Crippen LogP contribution < -0.4 is 11.1 Å². The van der Waals surface area contributed by atoms with E-state index in [1.807, 2.05) is 6.20 Å². The van der Waals surface area contributed by atoms with Gasteiger partial charge in [0, 0.05) is 24.2 Å². The molecule has 8 nitrogen and oxygen atoms in total. The van der Waals surface area contributed by atoms with Crippen molar-refractivity contribution in [1.82, 2.24) is 20.3 Å². The fourth-order valence-corrected chi connectivity index (χ4v) is 3.08. The summed E-state index contributed by atoms with van der Waals surface area (Å²) in [6, 6.07) is 4.83. The maximum absolute atomic E-state index is 13.0. The molecule has 0 spiro atoms. The van der Waals surface area contributed by atoms with Gasteiger partial charge < -0.3 is 11.1 Å². The van der Waals surface area contributed by atoms with Crippen LogP contribution in [0.4, 0.5) is 13.2 Å². The number of benzene rings is 1. The van der Waals surface area contributed by atoms with Crippen molar-refractivity contribution in [2.24, 2.45) is 16.0 Å². The van der Waals surface area contributed by atoms with Gasteiger partial charge in [0.05, 0.1) is 18.3 Å². The Morgan fingerprint density at radius 2 is 1.97 bits per heavy atom. The number of rotatable bonds is 8. The van der Waals surface area contributed by atoms with Gasteiger partial charge in [0.25, 0.3) is 0 Å². The highest BCUT2D eigenvalue weighted by Gasteiger charge is 2.65. The zero-order chi connectivity index (χ0) is 20.6. The topological polar surface area (TPSA) is 111 Å². The first-order chi connectivity index (χ1) is 13.8. The third kappa shape index (κ3) is 4.14. The fraction of sp³-hybridized carbons (Fsp3) is 0.500. The summed E-state index contributed by atoms with van der Waals surface area (Å²) in [5.74, 6) is 0.182. The van der Waals surface area contributed by atoms with Crippen molar-refractivity contribution < 1.29 is 18.0 Å². The van der Waals surface area contributed by atoms with Crippen LogP contribution in [0.3, 0.4) is 0 Å². The first-order valence-corrected chi connectivity index (χ1v) is 9.32. The van der Waals surface area contributed by atoms with E-state index in [-0.39, 0.29) is 17.9 Å². The van der Waals surface area contributed by atoms with Gasteiger partial charge in [0.15, 0.2) is 0 Å². The van der Waals surface area contributed by atoms with Crippen molar-refractivity contribution in [3.05, 3.63) is 47.3 Å². The maximum atomic E-state index is 13.0. The van der Waals surface area contributed by atoms with E-state index >= 15 is 0 Å². The SMILES string of the molecule is NC(Cc1ccc(C2(C(F)(F)F)N=N2)cc1)C(=O)NCCn1cc(C2CC2)nn1. The Labute approximate surface area is 164 Å². The van der Waals surface area contributed by atoms with Gasteiger partial charge in [-0.25, -0.2) is 0 Å². The zero-order valence-corrected chi connectivity index (χ0v) is 15.4. The molecule has 1 aromatic heterocycles. The van der Waals surface area contributed by atoms with E-state index in [4.69, 9.17) is 5.73 Å². The maximum Gasteiger partial charge on any atom is 0.442 e. The first-order valence-electron chi connectivity index (χ1n) is 9.32. The lowest BCUT2D eigenvalue weighted by molar-refractivity contribution is -0.166. The van der Waals surface area contributed by atoms with E-state index in [0.717, 1.165) is 18.5 Å². The van der Waals surface area contributed by atoms with E-state index in [1.165, 1.54) is 24.3 Å². The van der Waals surface area contributed by atoms with Crippen LogP contribution in [0.2, 0.25) is 0 Å². The van der Waals surface area contributed by atoms with E-state index in [1.54, 1.807) is 4.68 Å². The van der Waals surface area contributed by atoms with Crippen molar-refractivity contribution in [3.63, 3.8) is 0 Å². The second-order valence-corrected chi connectivity index (χ2v) is 7.35. The molecule has 154 valence electrons. The molecule has 1 aliphatic heterocycles. The molecule has 1 unspecified atom stereocenters. The molecule has 0 radical (unpaired) electrons. The highest BCUT2D eigenvalue weighted by atomic mass is 19.4. The number of nitrogens with zero attached hydrogens (tertiary/aromatic N) is 5. The van der Waals surface area contributed by atoms with Gasteiger partial charge in [-0.1, -0.05) is 29.5 Å². The molecule has 2 heterocycles. The lowest BCUT2D eigenvalue weighted by atomic mass is 9.99. The quantitative estimate of drug-likeness (QED) is 0.697. The Balaban J connectivity index is 1.25. The van der Waals surface area contributed by atoms with Gasteiger partial charge in [-0.15, -0.1) is 15.3 Å². The largest absolute Gasteiger partial charge is 0.442 e. The van der Waals surface area contributed by atoms with Crippen LogP contribution in [-0.2, 0) is 23.4 Å². The Bertz CT molecular complexity index is 912. The summed E-state index contributed by atoms with van der Waals surface area (Å²) >= 11 is 0. The van der Waals surface area contributed by atoms with E-state index in [0.29, 0.717) is 24.6 Å². The van der Waals surface area contributed by atoms with Crippen molar-refractivity contribution >= 4 is 5.91 Å². The van der Waals surface area contributed by atoms with Crippen LogP contribution in [0.5, 0.6) is 0 Å². The van der Waals surface area contributed by atoms with Crippen LogP contribution >= 0.6 is 0 Å².